The molecule has 0 saturated heterocycles. The Morgan fingerprint density at radius 1 is 1.43 bits per heavy atom. The standard InChI is InChI=1S/C11H11N3/c12-7-11(4-5-11)9-3-6-13-10(14-9)8-1-2-8/h3,6,8H,1-2,4-5H2. The highest BCUT2D eigenvalue weighted by Gasteiger charge is 2.46. The zero-order chi connectivity index (χ0) is 9.60. The molecule has 2 aliphatic rings. The molecule has 3 nitrogen and oxygen atoms in total. The molecular formula is C11H11N3. The van der Waals surface area contributed by atoms with Gasteiger partial charge in [0.15, 0.2) is 0 Å². The van der Waals surface area contributed by atoms with Gasteiger partial charge in [0.2, 0.25) is 0 Å². The van der Waals surface area contributed by atoms with Crippen LogP contribution in [0, 0.1) is 11.3 Å². The van der Waals surface area contributed by atoms with E-state index in [4.69, 9.17) is 5.26 Å². The van der Waals surface area contributed by atoms with Crippen LogP contribution >= 0.6 is 0 Å². The largest absolute Gasteiger partial charge is 0.241 e. The number of hydrogen-bond donors (Lipinski definition) is 0. The zero-order valence-corrected chi connectivity index (χ0v) is 7.90. The fourth-order valence-corrected chi connectivity index (χ4v) is 1.73. The Morgan fingerprint density at radius 2 is 2.21 bits per heavy atom. The molecule has 1 heterocycles. The fourth-order valence-electron chi connectivity index (χ4n) is 1.73. The van der Waals surface area contributed by atoms with Crippen LogP contribution in [0.4, 0.5) is 0 Å². The predicted molar refractivity (Wildman–Crippen MR) is 50.5 cm³/mol. The average Bonchev–Trinajstić information content (AvgIpc) is 3.12. The Hall–Kier alpha value is -1.43. The lowest BCUT2D eigenvalue weighted by Gasteiger charge is -2.05. The summed E-state index contributed by atoms with van der Waals surface area (Å²) in [5.41, 5.74) is 0.684. The van der Waals surface area contributed by atoms with E-state index in [0.717, 1.165) is 24.4 Å². The van der Waals surface area contributed by atoms with Crippen LogP contribution in [0.5, 0.6) is 0 Å². The molecule has 0 unspecified atom stereocenters. The smallest absolute Gasteiger partial charge is 0.131 e. The minimum atomic E-state index is -0.257. The molecule has 3 rings (SSSR count). The van der Waals surface area contributed by atoms with E-state index in [9.17, 15) is 0 Å². The first-order chi connectivity index (χ1) is 6.84. The van der Waals surface area contributed by atoms with E-state index in [1.807, 2.05) is 6.07 Å². The molecule has 70 valence electrons. The number of rotatable bonds is 2. The molecule has 0 N–H and O–H groups in total. The maximum Gasteiger partial charge on any atom is 0.131 e. The van der Waals surface area contributed by atoms with Crippen molar-refractivity contribution in [2.45, 2.75) is 37.0 Å². The second-order valence-corrected chi connectivity index (χ2v) is 4.27. The Kier molecular flexibility index (Phi) is 1.44. The lowest BCUT2D eigenvalue weighted by molar-refractivity contribution is 0.801. The van der Waals surface area contributed by atoms with E-state index < -0.39 is 0 Å². The third-order valence-corrected chi connectivity index (χ3v) is 3.07. The van der Waals surface area contributed by atoms with Gasteiger partial charge in [-0.15, -0.1) is 0 Å². The Balaban J connectivity index is 1.99. The molecule has 0 amide bonds. The van der Waals surface area contributed by atoms with Gasteiger partial charge in [0, 0.05) is 12.1 Å². The van der Waals surface area contributed by atoms with Crippen molar-refractivity contribution in [2.75, 3.05) is 0 Å². The normalized spacial score (nSPS) is 22.8. The second kappa shape index (κ2) is 2.54. The summed E-state index contributed by atoms with van der Waals surface area (Å²) in [5.74, 6) is 1.52. The average molecular weight is 185 g/mol. The van der Waals surface area contributed by atoms with Crippen molar-refractivity contribution in [1.29, 1.82) is 5.26 Å². The molecule has 3 heteroatoms. The summed E-state index contributed by atoms with van der Waals surface area (Å²) >= 11 is 0. The van der Waals surface area contributed by atoms with E-state index in [-0.39, 0.29) is 5.41 Å². The van der Waals surface area contributed by atoms with Gasteiger partial charge < -0.3 is 0 Å². The van der Waals surface area contributed by atoms with E-state index in [0.29, 0.717) is 5.92 Å². The lowest BCUT2D eigenvalue weighted by atomic mass is 10.0. The molecule has 0 spiro atoms. The second-order valence-electron chi connectivity index (χ2n) is 4.27. The molecule has 0 radical (unpaired) electrons. The van der Waals surface area contributed by atoms with Crippen molar-refractivity contribution in [3.8, 4) is 6.07 Å². The van der Waals surface area contributed by atoms with Crippen LogP contribution in [0.25, 0.3) is 0 Å². The molecular weight excluding hydrogens is 174 g/mol. The Bertz CT molecular complexity index is 411. The van der Waals surface area contributed by atoms with Crippen molar-refractivity contribution >= 4 is 0 Å². The molecule has 2 fully saturated rings. The molecule has 2 aliphatic carbocycles. The zero-order valence-electron chi connectivity index (χ0n) is 7.90. The van der Waals surface area contributed by atoms with Crippen molar-refractivity contribution < 1.29 is 0 Å². The first-order valence-corrected chi connectivity index (χ1v) is 5.09. The fraction of sp³-hybridized carbons (Fsp3) is 0.545. The molecule has 1 aromatic heterocycles. The van der Waals surface area contributed by atoms with Crippen molar-refractivity contribution in [2.24, 2.45) is 0 Å². The molecule has 0 atom stereocenters. The van der Waals surface area contributed by atoms with Gasteiger partial charge in [0.05, 0.1) is 17.2 Å². The van der Waals surface area contributed by atoms with Gasteiger partial charge in [-0.05, 0) is 31.7 Å². The van der Waals surface area contributed by atoms with E-state index in [1.54, 1.807) is 6.20 Å². The van der Waals surface area contributed by atoms with E-state index >= 15 is 0 Å². The third kappa shape index (κ3) is 1.11. The summed E-state index contributed by atoms with van der Waals surface area (Å²) in [5, 5.41) is 9.04. The number of nitrogens with zero attached hydrogens (tertiary/aromatic N) is 3. The van der Waals surface area contributed by atoms with Gasteiger partial charge in [-0.1, -0.05) is 0 Å². The van der Waals surface area contributed by atoms with Crippen molar-refractivity contribution in [1.82, 2.24) is 9.97 Å². The monoisotopic (exact) mass is 185 g/mol. The molecule has 0 aliphatic heterocycles. The quantitative estimate of drug-likeness (QED) is 0.707. The van der Waals surface area contributed by atoms with Crippen molar-refractivity contribution in [3.63, 3.8) is 0 Å². The maximum absolute atomic E-state index is 9.04. The van der Waals surface area contributed by atoms with Crippen LogP contribution in [-0.2, 0) is 5.41 Å². The van der Waals surface area contributed by atoms with Crippen LogP contribution in [-0.4, -0.2) is 9.97 Å². The Labute approximate surface area is 82.8 Å². The highest BCUT2D eigenvalue weighted by Crippen LogP contribution is 2.47. The molecule has 14 heavy (non-hydrogen) atoms. The number of aromatic nitrogens is 2. The van der Waals surface area contributed by atoms with Gasteiger partial charge in [-0.2, -0.15) is 5.26 Å². The summed E-state index contributed by atoms with van der Waals surface area (Å²) < 4.78 is 0. The number of hydrogen-bond acceptors (Lipinski definition) is 3. The minimum Gasteiger partial charge on any atom is -0.241 e. The maximum atomic E-state index is 9.04. The van der Waals surface area contributed by atoms with Crippen LogP contribution in [0.2, 0.25) is 0 Å². The molecule has 2 saturated carbocycles. The SMILES string of the molecule is N#CC1(c2ccnc(C3CC3)n2)CC1. The molecule has 1 aromatic rings. The topological polar surface area (TPSA) is 49.6 Å². The van der Waals surface area contributed by atoms with Crippen molar-refractivity contribution in [3.05, 3.63) is 23.8 Å². The highest BCUT2D eigenvalue weighted by molar-refractivity contribution is 5.33. The van der Waals surface area contributed by atoms with Crippen LogP contribution in [0.3, 0.4) is 0 Å². The van der Waals surface area contributed by atoms with Crippen LogP contribution in [0.1, 0.15) is 43.1 Å². The highest BCUT2D eigenvalue weighted by atomic mass is 14.9. The summed E-state index contributed by atoms with van der Waals surface area (Å²) in [6.07, 6.45) is 6.15. The Morgan fingerprint density at radius 3 is 2.79 bits per heavy atom. The van der Waals surface area contributed by atoms with Gasteiger partial charge in [-0.3, -0.25) is 0 Å². The summed E-state index contributed by atoms with van der Waals surface area (Å²) in [7, 11) is 0. The first kappa shape index (κ1) is 7.93. The first-order valence-electron chi connectivity index (χ1n) is 5.09. The molecule has 0 aromatic carbocycles. The summed E-state index contributed by atoms with van der Waals surface area (Å²) in [6, 6.07) is 4.26. The van der Waals surface area contributed by atoms with Crippen LogP contribution < -0.4 is 0 Å². The van der Waals surface area contributed by atoms with Crippen LogP contribution in [0.15, 0.2) is 12.3 Å². The van der Waals surface area contributed by atoms with Gasteiger partial charge in [-0.25, -0.2) is 9.97 Å². The molecule has 0 bridgehead atoms. The third-order valence-electron chi connectivity index (χ3n) is 3.07. The van der Waals surface area contributed by atoms with Gasteiger partial charge in [0.1, 0.15) is 5.82 Å². The lowest BCUT2D eigenvalue weighted by Crippen LogP contribution is -2.08. The van der Waals surface area contributed by atoms with Gasteiger partial charge in [0.25, 0.3) is 0 Å². The predicted octanol–water partition coefficient (Wildman–Crippen LogP) is 1.91. The summed E-state index contributed by atoms with van der Waals surface area (Å²) in [4.78, 5) is 8.76. The minimum absolute atomic E-state index is 0.257. The summed E-state index contributed by atoms with van der Waals surface area (Å²) in [6.45, 7) is 0. The van der Waals surface area contributed by atoms with E-state index in [1.165, 1.54) is 12.8 Å². The van der Waals surface area contributed by atoms with E-state index in [2.05, 4.69) is 16.0 Å². The van der Waals surface area contributed by atoms with Gasteiger partial charge >= 0.3 is 0 Å². The number of nitriles is 1.